The van der Waals surface area contributed by atoms with Crippen LogP contribution in [0.25, 0.3) is 0 Å². The zero-order valence-corrected chi connectivity index (χ0v) is 4.24. The minimum absolute atomic E-state index is 0.472. The Morgan fingerprint density at radius 1 is 1.57 bits per heavy atom. The van der Waals surface area contributed by atoms with Gasteiger partial charge in [-0.1, -0.05) is 0 Å². The standard InChI is InChI=1S/C5H9NO/c1-2-7-4-5(1)3-6-5/h6H,1-4H2. The Balaban J connectivity index is 2.07. The molecule has 0 saturated carbocycles. The summed E-state index contributed by atoms with van der Waals surface area (Å²) in [6, 6.07) is 0. The molecule has 0 aromatic carbocycles. The predicted octanol–water partition coefficient (Wildman–Crippen LogP) is -0.251. The molecule has 2 aliphatic rings. The van der Waals surface area contributed by atoms with Crippen molar-refractivity contribution in [2.24, 2.45) is 0 Å². The molecule has 0 bridgehead atoms. The average Bonchev–Trinajstić information content (AvgIpc) is 2.15. The highest BCUT2D eigenvalue weighted by Gasteiger charge is 2.45. The van der Waals surface area contributed by atoms with Gasteiger partial charge in [-0.2, -0.15) is 0 Å². The summed E-state index contributed by atoms with van der Waals surface area (Å²) in [6.45, 7) is 3.10. The zero-order chi connectivity index (χ0) is 4.74. The molecule has 0 aliphatic carbocycles. The maximum atomic E-state index is 5.16. The number of hydrogen-bond acceptors (Lipinski definition) is 2. The van der Waals surface area contributed by atoms with Crippen LogP contribution in [0.3, 0.4) is 0 Å². The van der Waals surface area contributed by atoms with Gasteiger partial charge in [0.15, 0.2) is 0 Å². The first-order valence-corrected chi connectivity index (χ1v) is 2.74. The molecule has 1 spiro atoms. The van der Waals surface area contributed by atoms with Gasteiger partial charge < -0.3 is 10.1 Å². The fourth-order valence-corrected chi connectivity index (χ4v) is 1.01. The summed E-state index contributed by atoms with van der Waals surface area (Å²) in [5, 5.41) is 3.28. The maximum absolute atomic E-state index is 5.16. The van der Waals surface area contributed by atoms with E-state index in [1.165, 1.54) is 13.0 Å². The average molecular weight is 99.1 g/mol. The van der Waals surface area contributed by atoms with Crippen LogP contribution in [0.1, 0.15) is 6.42 Å². The summed E-state index contributed by atoms with van der Waals surface area (Å²) in [7, 11) is 0. The molecule has 2 rings (SSSR count). The predicted molar refractivity (Wildman–Crippen MR) is 26.2 cm³/mol. The molecule has 2 saturated heterocycles. The molecule has 2 fully saturated rings. The number of rotatable bonds is 0. The zero-order valence-electron chi connectivity index (χ0n) is 4.24. The van der Waals surface area contributed by atoms with E-state index in [1.807, 2.05) is 0 Å². The van der Waals surface area contributed by atoms with Crippen molar-refractivity contribution in [1.82, 2.24) is 5.32 Å². The summed E-state index contributed by atoms with van der Waals surface area (Å²) in [4.78, 5) is 0. The maximum Gasteiger partial charge on any atom is 0.0661 e. The molecule has 40 valence electrons. The van der Waals surface area contributed by atoms with E-state index in [2.05, 4.69) is 5.32 Å². The first-order chi connectivity index (χ1) is 3.41. The summed E-state index contributed by atoms with van der Waals surface area (Å²) < 4.78 is 5.16. The Labute approximate surface area is 42.9 Å². The lowest BCUT2D eigenvalue weighted by Gasteiger charge is -1.93. The molecule has 2 heterocycles. The fraction of sp³-hybridized carbons (Fsp3) is 1.00. The van der Waals surface area contributed by atoms with Crippen LogP contribution in [0, 0.1) is 0 Å². The van der Waals surface area contributed by atoms with Crippen LogP contribution in [-0.4, -0.2) is 25.3 Å². The van der Waals surface area contributed by atoms with Crippen LogP contribution in [0.2, 0.25) is 0 Å². The molecule has 1 unspecified atom stereocenters. The van der Waals surface area contributed by atoms with Crippen molar-refractivity contribution < 1.29 is 4.74 Å². The summed E-state index contributed by atoms with van der Waals surface area (Å²) in [5.41, 5.74) is 0.472. The van der Waals surface area contributed by atoms with Crippen molar-refractivity contribution in [3.8, 4) is 0 Å². The third-order valence-corrected chi connectivity index (χ3v) is 1.78. The van der Waals surface area contributed by atoms with E-state index < -0.39 is 0 Å². The minimum atomic E-state index is 0.472. The van der Waals surface area contributed by atoms with Gasteiger partial charge in [0.2, 0.25) is 0 Å². The fourth-order valence-electron chi connectivity index (χ4n) is 1.01. The van der Waals surface area contributed by atoms with E-state index in [1.54, 1.807) is 0 Å². The van der Waals surface area contributed by atoms with Crippen LogP contribution in [0.5, 0.6) is 0 Å². The molecule has 0 aromatic heterocycles. The Morgan fingerprint density at radius 2 is 2.43 bits per heavy atom. The molecule has 2 nitrogen and oxygen atoms in total. The first kappa shape index (κ1) is 3.87. The van der Waals surface area contributed by atoms with E-state index in [4.69, 9.17) is 4.74 Å². The molecule has 1 atom stereocenters. The van der Waals surface area contributed by atoms with Crippen molar-refractivity contribution in [3.63, 3.8) is 0 Å². The van der Waals surface area contributed by atoms with Crippen LogP contribution < -0.4 is 5.32 Å². The van der Waals surface area contributed by atoms with Gasteiger partial charge in [-0.15, -0.1) is 0 Å². The van der Waals surface area contributed by atoms with Gasteiger partial charge in [-0.05, 0) is 6.42 Å². The molecular weight excluding hydrogens is 90.1 g/mol. The minimum Gasteiger partial charge on any atom is -0.379 e. The normalized spacial score (nSPS) is 48.0. The third kappa shape index (κ3) is 0.469. The van der Waals surface area contributed by atoms with E-state index >= 15 is 0 Å². The molecule has 1 N–H and O–H groups in total. The van der Waals surface area contributed by atoms with E-state index in [-0.39, 0.29) is 0 Å². The Kier molecular flexibility index (Phi) is 0.557. The van der Waals surface area contributed by atoms with Crippen molar-refractivity contribution in [2.75, 3.05) is 19.8 Å². The first-order valence-electron chi connectivity index (χ1n) is 2.74. The van der Waals surface area contributed by atoms with Gasteiger partial charge in [0.05, 0.1) is 12.1 Å². The lowest BCUT2D eigenvalue weighted by Crippen LogP contribution is -2.13. The summed E-state index contributed by atoms with van der Waals surface area (Å²) in [5.74, 6) is 0. The third-order valence-electron chi connectivity index (χ3n) is 1.78. The van der Waals surface area contributed by atoms with Crippen molar-refractivity contribution >= 4 is 0 Å². The summed E-state index contributed by atoms with van der Waals surface area (Å²) >= 11 is 0. The highest BCUT2D eigenvalue weighted by molar-refractivity contribution is 5.05. The molecule has 2 heteroatoms. The summed E-state index contributed by atoms with van der Waals surface area (Å²) in [6.07, 6.45) is 1.23. The molecule has 0 amide bonds. The second-order valence-electron chi connectivity index (χ2n) is 2.44. The van der Waals surface area contributed by atoms with Crippen LogP contribution >= 0.6 is 0 Å². The second-order valence-corrected chi connectivity index (χ2v) is 2.44. The second kappa shape index (κ2) is 1.01. The smallest absolute Gasteiger partial charge is 0.0661 e. The van der Waals surface area contributed by atoms with Crippen molar-refractivity contribution in [1.29, 1.82) is 0 Å². The van der Waals surface area contributed by atoms with Gasteiger partial charge in [-0.25, -0.2) is 0 Å². The van der Waals surface area contributed by atoms with Gasteiger partial charge in [0.25, 0.3) is 0 Å². The van der Waals surface area contributed by atoms with Gasteiger partial charge >= 0.3 is 0 Å². The van der Waals surface area contributed by atoms with Gasteiger partial charge in [0, 0.05) is 13.2 Å². The van der Waals surface area contributed by atoms with Gasteiger partial charge in [0.1, 0.15) is 0 Å². The number of nitrogens with one attached hydrogen (secondary N) is 1. The quantitative estimate of drug-likeness (QED) is 0.424. The Hall–Kier alpha value is -0.0800. The number of hydrogen-bond donors (Lipinski definition) is 1. The van der Waals surface area contributed by atoms with Crippen LogP contribution in [0.15, 0.2) is 0 Å². The van der Waals surface area contributed by atoms with Crippen LogP contribution in [-0.2, 0) is 4.74 Å². The van der Waals surface area contributed by atoms with Crippen molar-refractivity contribution in [2.45, 2.75) is 12.0 Å². The monoisotopic (exact) mass is 99.1 g/mol. The molecule has 2 aliphatic heterocycles. The Bertz CT molecular complexity index is 80.1. The molecule has 0 aromatic rings. The molecular formula is C5H9NO. The topological polar surface area (TPSA) is 31.2 Å². The SMILES string of the molecule is C1CC2(CN2)CO1. The lowest BCUT2D eigenvalue weighted by atomic mass is 10.1. The highest BCUT2D eigenvalue weighted by atomic mass is 16.5. The lowest BCUT2D eigenvalue weighted by molar-refractivity contribution is 0.191. The highest BCUT2D eigenvalue weighted by Crippen LogP contribution is 2.26. The van der Waals surface area contributed by atoms with E-state index in [9.17, 15) is 0 Å². The van der Waals surface area contributed by atoms with Crippen molar-refractivity contribution in [3.05, 3.63) is 0 Å². The van der Waals surface area contributed by atoms with E-state index in [0.717, 1.165) is 13.2 Å². The molecule has 7 heavy (non-hydrogen) atoms. The largest absolute Gasteiger partial charge is 0.379 e. The molecule has 0 radical (unpaired) electrons. The number of ether oxygens (including phenoxy) is 1. The van der Waals surface area contributed by atoms with Gasteiger partial charge in [-0.3, -0.25) is 0 Å². The van der Waals surface area contributed by atoms with Crippen LogP contribution in [0.4, 0.5) is 0 Å². The van der Waals surface area contributed by atoms with E-state index in [0.29, 0.717) is 5.54 Å². The Morgan fingerprint density at radius 3 is 2.71 bits per heavy atom.